The first-order valence-corrected chi connectivity index (χ1v) is 10.4. The molecule has 0 aromatic carbocycles. The van der Waals surface area contributed by atoms with E-state index in [9.17, 15) is 9.59 Å². The number of hydrogen-bond acceptors (Lipinski definition) is 5. The molecule has 3 rings (SSSR count). The number of pyridine rings is 1. The van der Waals surface area contributed by atoms with Crippen LogP contribution in [-0.2, 0) is 16.1 Å². The van der Waals surface area contributed by atoms with Crippen LogP contribution in [0.25, 0.3) is 0 Å². The summed E-state index contributed by atoms with van der Waals surface area (Å²) in [5.74, 6) is 0.148. The Balaban J connectivity index is 1.44. The molecule has 154 valence electrons. The molecule has 0 radical (unpaired) electrons. The molecule has 0 aliphatic carbocycles. The Labute approximate surface area is 167 Å². The van der Waals surface area contributed by atoms with Crippen molar-refractivity contribution in [2.75, 3.05) is 26.2 Å². The minimum Gasteiger partial charge on any atom is -0.447 e. The second-order valence-electron chi connectivity index (χ2n) is 8.02. The van der Waals surface area contributed by atoms with E-state index in [1.807, 2.05) is 32.0 Å². The minimum atomic E-state index is -0.209. The van der Waals surface area contributed by atoms with E-state index in [-0.39, 0.29) is 24.0 Å². The highest BCUT2D eigenvalue weighted by molar-refractivity contribution is 5.78. The number of piperidine rings is 2. The van der Waals surface area contributed by atoms with Crippen LogP contribution in [0.3, 0.4) is 0 Å². The van der Waals surface area contributed by atoms with Gasteiger partial charge in [-0.15, -0.1) is 0 Å². The molecule has 1 aromatic heterocycles. The number of likely N-dealkylation sites (tertiary alicyclic amines) is 2. The lowest BCUT2D eigenvalue weighted by molar-refractivity contribution is -0.127. The van der Waals surface area contributed by atoms with Crippen LogP contribution in [0.15, 0.2) is 24.4 Å². The van der Waals surface area contributed by atoms with Gasteiger partial charge in [0.1, 0.15) is 0 Å². The lowest BCUT2D eigenvalue weighted by Gasteiger charge is -2.41. The summed E-state index contributed by atoms with van der Waals surface area (Å²) in [6, 6.07) is 6.17. The number of rotatable bonds is 5. The Morgan fingerprint density at radius 1 is 1.21 bits per heavy atom. The third-order valence-electron chi connectivity index (χ3n) is 5.57. The number of nitrogens with one attached hydrogen (secondary N) is 1. The number of aromatic nitrogens is 1. The van der Waals surface area contributed by atoms with Gasteiger partial charge in [-0.1, -0.05) is 6.07 Å². The van der Waals surface area contributed by atoms with Crippen LogP contribution < -0.4 is 5.32 Å². The summed E-state index contributed by atoms with van der Waals surface area (Å²) >= 11 is 0. The van der Waals surface area contributed by atoms with Crippen molar-refractivity contribution in [2.24, 2.45) is 5.92 Å². The fourth-order valence-corrected chi connectivity index (χ4v) is 4.07. The molecule has 0 bridgehead atoms. The lowest BCUT2D eigenvalue weighted by Crippen LogP contribution is -2.51. The van der Waals surface area contributed by atoms with E-state index in [0.29, 0.717) is 12.6 Å². The van der Waals surface area contributed by atoms with Crippen molar-refractivity contribution < 1.29 is 14.3 Å². The van der Waals surface area contributed by atoms with E-state index >= 15 is 0 Å². The van der Waals surface area contributed by atoms with Gasteiger partial charge in [0.25, 0.3) is 0 Å². The van der Waals surface area contributed by atoms with Gasteiger partial charge < -0.3 is 15.0 Å². The Morgan fingerprint density at radius 2 is 2.00 bits per heavy atom. The van der Waals surface area contributed by atoms with Crippen molar-refractivity contribution in [3.63, 3.8) is 0 Å². The maximum Gasteiger partial charge on any atom is 0.410 e. The van der Waals surface area contributed by atoms with E-state index in [1.165, 1.54) is 0 Å². The SMILES string of the molecule is CC(C)OC(=O)N1CCC(N2CCCC(C(=O)NCc3ccccn3)C2)CC1. The molecule has 2 amide bonds. The summed E-state index contributed by atoms with van der Waals surface area (Å²) < 4.78 is 5.30. The average molecular weight is 389 g/mol. The van der Waals surface area contributed by atoms with Crippen LogP contribution >= 0.6 is 0 Å². The van der Waals surface area contributed by atoms with Gasteiger partial charge in [-0.25, -0.2) is 4.79 Å². The fourth-order valence-electron chi connectivity index (χ4n) is 4.07. The monoisotopic (exact) mass is 388 g/mol. The second kappa shape index (κ2) is 9.87. The average Bonchev–Trinajstić information content (AvgIpc) is 2.72. The summed E-state index contributed by atoms with van der Waals surface area (Å²) in [5.41, 5.74) is 0.879. The van der Waals surface area contributed by atoms with Crippen molar-refractivity contribution in [1.29, 1.82) is 0 Å². The molecule has 2 aliphatic rings. The summed E-state index contributed by atoms with van der Waals surface area (Å²) in [7, 11) is 0. The molecular weight excluding hydrogens is 356 g/mol. The van der Waals surface area contributed by atoms with E-state index in [4.69, 9.17) is 4.74 Å². The molecule has 2 aliphatic heterocycles. The Morgan fingerprint density at radius 3 is 2.68 bits per heavy atom. The first-order chi connectivity index (χ1) is 13.5. The smallest absolute Gasteiger partial charge is 0.410 e. The molecule has 7 heteroatoms. The van der Waals surface area contributed by atoms with Crippen LogP contribution in [0.2, 0.25) is 0 Å². The predicted octanol–water partition coefficient (Wildman–Crippen LogP) is 2.42. The van der Waals surface area contributed by atoms with Crippen molar-refractivity contribution in [3.8, 4) is 0 Å². The van der Waals surface area contributed by atoms with Crippen LogP contribution in [0.1, 0.15) is 45.2 Å². The number of nitrogens with zero attached hydrogens (tertiary/aromatic N) is 3. The number of carbonyl (C=O) groups is 2. The zero-order valence-electron chi connectivity index (χ0n) is 17.0. The maximum absolute atomic E-state index is 12.6. The van der Waals surface area contributed by atoms with Gasteiger partial charge >= 0.3 is 6.09 Å². The molecule has 0 saturated carbocycles. The number of carbonyl (C=O) groups excluding carboxylic acids is 2. The standard InChI is InChI=1S/C21H32N4O3/c1-16(2)28-21(27)24-12-8-19(9-13-24)25-11-5-6-17(15-25)20(26)23-14-18-7-3-4-10-22-18/h3-4,7,10,16-17,19H,5-6,8-9,11-15H2,1-2H3,(H,23,26). The van der Waals surface area contributed by atoms with E-state index in [1.54, 1.807) is 11.1 Å². The van der Waals surface area contributed by atoms with Gasteiger partial charge in [-0.05, 0) is 58.2 Å². The van der Waals surface area contributed by atoms with Crippen molar-refractivity contribution >= 4 is 12.0 Å². The van der Waals surface area contributed by atoms with Crippen LogP contribution in [0.4, 0.5) is 4.79 Å². The number of amides is 2. The van der Waals surface area contributed by atoms with Gasteiger partial charge in [0, 0.05) is 31.9 Å². The van der Waals surface area contributed by atoms with E-state index < -0.39 is 0 Å². The second-order valence-corrected chi connectivity index (χ2v) is 8.02. The van der Waals surface area contributed by atoms with E-state index in [2.05, 4.69) is 15.2 Å². The third-order valence-corrected chi connectivity index (χ3v) is 5.57. The predicted molar refractivity (Wildman–Crippen MR) is 107 cm³/mol. The Bertz CT molecular complexity index is 644. The molecule has 1 atom stereocenters. The first-order valence-electron chi connectivity index (χ1n) is 10.4. The third kappa shape index (κ3) is 5.67. The van der Waals surface area contributed by atoms with Gasteiger partial charge in [0.15, 0.2) is 0 Å². The number of hydrogen-bond donors (Lipinski definition) is 1. The van der Waals surface area contributed by atoms with Gasteiger partial charge in [0.05, 0.1) is 24.3 Å². The summed E-state index contributed by atoms with van der Waals surface area (Å²) in [6.07, 6.45) is 5.30. The molecule has 1 N–H and O–H groups in total. The molecule has 2 fully saturated rings. The molecular formula is C21H32N4O3. The first kappa shape index (κ1) is 20.6. The fraction of sp³-hybridized carbons (Fsp3) is 0.667. The van der Waals surface area contributed by atoms with Crippen molar-refractivity contribution in [2.45, 2.75) is 58.2 Å². The molecule has 2 saturated heterocycles. The van der Waals surface area contributed by atoms with Crippen LogP contribution in [-0.4, -0.2) is 65.1 Å². The lowest BCUT2D eigenvalue weighted by atomic mass is 9.93. The molecule has 0 spiro atoms. The normalized spacial score (nSPS) is 21.5. The highest BCUT2D eigenvalue weighted by atomic mass is 16.6. The van der Waals surface area contributed by atoms with Crippen molar-refractivity contribution in [3.05, 3.63) is 30.1 Å². The Hall–Kier alpha value is -2.15. The van der Waals surface area contributed by atoms with E-state index in [0.717, 1.165) is 57.6 Å². The van der Waals surface area contributed by atoms with Gasteiger partial charge in [0.2, 0.25) is 5.91 Å². The van der Waals surface area contributed by atoms with Crippen LogP contribution in [0, 0.1) is 5.92 Å². The highest BCUT2D eigenvalue weighted by Gasteiger charge is 2.32. The molecule has 1 aromatic rings. The molecule has 1 unspecified atom stereocenters. The summed E-state index contributed by atoms with van der Waals surface area (Å²) in [4.78, 5) is 33.2. The molecule has 28 heavy (non-hydrogen) atoms. The highest BCUT2D eigenvalue weighted by Crippen LogP contribution is 2.24. The van der Waals surface area contributed by atoms with Gasteiger partial charge in [-0.3, -0.25) is 14.7 Å². The Kier molecular flexibility index (Phi) is 7.25. The largest absolute Gasteiger partial charge is 0.447 e. The topological polar surface area (TPSA) is 74.8 Å². The van der Waals surface area contributed by atoms with Crippen LogP contribution in [0.5, 0.6) is 0 Å². The summed E-state index contributed by atoms with van der Waals surface area (Å²) in [6.45, 7) is 7.51. The quantitative estimate of drug-likeness (QED) is 0.838. The molecule has 7 nitrogen and oxygen atoms in total. The minimum absolute atomic E-state index is 0.0291. The number of ether oxygens (including phenoxy) is 1. The maximum atomic E-state index is 12.6. The van der Waals surface area contributed by atoms with Gasteiger partial charge in [-0.2, -0.15) is 0 Å². The van der Waals surface area contributed by atoms with Crippen molar-refractivity contribution in [1.82, 2.24) is 20.1 Å². The summed E-state index contributed by atoms with van der Waals surface area (Å²) in [5, 5.41) is 3.03. The zero-order chi connectivity index (χ0) is 19.9. The zero-order valence-corrected chi connectivity index (χ0v) is 17.0. The molecule has 3 heterocycles.